The molecule has 4 rings (SSSR count). The van der Waals surface area contributed by atoms with Gasteiger partial charge in [-0.05, 0) is 38.8 Å². The van der Waals surface area contributed by atoms with Gasteiger partial charge in [-0.25, -0.2) is 0 Å². The van der Waals surface area contributed by atoms with Gasteiger partial charge in [-0.3, -0.25) is 24.8 Å². The summed E-state index contributed by atoms with van der Waals surface area (Å²) in [7, 11) is 1.81. The number of rotatable bonds is 11. The molecular weight excluding hydrogens is 492 g/mol. The van der Waals surface area contributed by atoms with E-state index < -0.39 is 12.1 Å². The average Bonchev–Trinajstić information content (AvgIpc) is 2.86. The summed E-state index contributed by atoms with van der Waals surface area (Å²) in [5.41, 5.74) is 12.5. The number of nitrogens with one attached hydrogen (secondary N) is 3. The van der Waals surface area contributed by atoms with Crippen LogP contribution in [0.5, 0.6) is 0 Å². The summed E-state index contributed by atoms with van der Waals surface area (Å²) in [6.45, 7) is 10.5. The molecule has 10 nitrogen and oxygen atoms in total. The van der Waals surface area contributed by atoms with Crippen LogP contribution in [-0.4, -0.2) is 129 Å². The zero-order valence-electron chi connectivity index (χ0n) is 22.9. The number of hydrogen-bond donors (Lipinski definition) is 5. The summed E-state index contributed by atoms with van der Waals surface area (Å²) in [6.07, 6.45) is 6.20. The van der Waals surface area contributed by atoms with E-state index >= 15 is 0 Å². The zero-order valence-corrected chi connectivity index (χ0v) is 23.7. The van der Waals surface area contributed by atoms with Crippen LogP contribution in [0.25, 0.3) is 0 Å². The summed E-state index contributed by atoms with van der Waals surface area (Å²) >= 11 is 6.48. The van der Waals surface area contributed by atoms with Crippen LogP contribution in [0.3, 0.4) is 0 Å². The summed E-state index contributed by atoms with van der Waals surface area (Å²) in [5.74, 6) is -0.597. The first kappa shape index (κ1) is 29.4. The number of hydrogen-bond acceptors (Lipinski definition) is 9. The molecule has 11 heteroatoms. The van der Waals surface area contributed by atoms with Gasteiger partial charge in [-0.1, -0.05) is 19.8 Å². The summed E-state index contributed by atoms with van der Waals surface area (Å²) in [4.78, 5) is 21.2. The standard InChI is InChI=1S/C26H51ClN8O2/c1-3-4-5-10-34-15-18(27)13-31-25(34)23(24(28)29)26(36)32-21-14-30-9-6-22(21)33-11-7-19(8-12-33)35-16-20(17-35)37-2/h18-25,30-31H,3-17,28-29H2,1-2H3,(H,32,36). The predicted molar refractivity (Wildman–Crippen MR) is 148 cm³/mol. The van der Waals surface area contributed by atoms with Crippen molar-refractivity contribution < 1.29 is 9.53 Å². The molecule has 0 spiro atoms. The van der Waals surface area contributed by atoms with Crippen molar-refractivity contribution in [3.63, 3.8) is 0 Å². The molecule has 7 N–H and O–H groups in total. The van der Waals surface area contributed by atoms with E-state index in [-0.39, 0.29) is 23.5 Å². The number of nitrogens with two attached hydrogens (primary N) is 2. The van der Waals surface area contributed by atoms with Crippen molar-refractivity contribution in [2.75, 3.05) is 66.0 Å². The fourth-order valence-corrected chi connectivity index (χ4v) is 6.96. The van der Waals surface area contributed by atoms with Crippen LogP contribution in [-0.2, 0) is 9.53 Å². The highest BCUT2D eigenvalue weighted by atomic mass is 35.5. The number of halogens is 1. The van der Waals surface area contributed by atoms with Crippen molar-refractivity contribution in [2.45, 2.75) is 87.4 Å². The maximum atomic E-state index is 13.7. The van der Waals surface area contributed by atoms with E-state index in [9.17, 15) is 4.79 Å². The molecule has 0 bridgehead atoms. The molecule has 0 aromatic rings. The first-order valence-electron chi connectivity index (χ1n) is 14.6. The molecule has 4 saturated heterocycles. The first-order valence-corrected chi connectivity index (χ1v) is 15.0. The van der Waals surface area contributed by atoms with E-state index in [0.717, 1.165) is 78.0 Å². The van der Waals surface area contributed by atoms with Crippen LogP contribution >= 0.6 is 11.6 Å². The van der Waals surface area contributed by atoms with Crippen LogP contribution in [0.2, 0.25) is 0 Å². The van der Waals surface area contributed by atoms with Crippen LogP contribution in [0.4, 0.5) is 0 Å². The minimum atomic E-state index is -0.753. The van der Waals surface area contributed by atoms with Gasteiger partial charge in [0.05, 0.1) is 35.8 Å². The minimum Gasteiger partial charge on any atom is -0.379 e. The van der Waals surface area contributed by atoms with Crippen molar-refractivity contribution in [1.82, 2.24) is 30.7 Å². The number of amides is 1. The number of carbonyl (C=O) groups is 1. The topological polar surface area (TPSA) is 124 Å². The number of carbonyl (C=O) groups excluding carboxylic acids is 1. The fourth-order valence-electron chi connectivity index (χ4n) is 6.70. The number of methoxy groups -OCH3 is 1. The van der Waals surface area contributed by atoms with Crippen molar-refractivity contribution in [3.8, 4) is 0 Å². The summed E-state index contributed by atoms with van der Waals surface area (Å²) in [5, 5.41) is 10.4. The molecule has 0 aliphatic carbocycles. The lowest BCUT2D eigenvalue weighted by Crippen LogP contribution is -2.68. The molecule has 5 atom stereocenters. The maximum absolute atomic E-state index is 13.7. The van der Waals surface area contributed by atoms with Gasteiger partial charge >= 0.3 is 0 Å². The lowest BCUT2D eigenvalue weighted by Gasteiger charge is -2.49. The van der Waals surface area contributed by atoms with Crippen LogP contribution in [0, 0.1) is 5.92 Å². The van der Waals surface area contributed by atoms with Crippen molar-refractivity contribution in [3.05, 3.63) is 0 Å². The highest BCUT2D eigenvalue weighted by molar-refractivity contribution is 6.21. The molecule has 4 fully saturated rings. The van der Waals surface area contributed by atoms with E-state index in [4.69, 9.17) is 27.8 Å². The van der Waals surface area contributed by atoms with Crippen molar-refractivity contribution in [2.24, 2.45) is 17.4 Å². The third-order valence-electron chi connectivity index (χ3n) is 8.95. The minimum absolute atomic E-state index is 0.0158. The highest BCUT2D eigenvalue weighted by Gasteiger charge is 2.42. The molecule has 4 aliphatic rings. The highest BCUT2D eigenvalue weighted by Crippen LogP contribution is 2.26. The lowest BCUT2D eigenvalue weighted by molar-refractivity contribution is -0.130. The Balaban J connectivity index is 1.35. The Bertz CT molecular complexity index is 704. The Kier molecular flexibility index (Phi) is 11.3. The number of alkyl halides is 1. The summed E-state index contributed by atoms with van der Waals surface area (Å²) in [6, 6.07) is 1.02. The molecule has 1 amide bonds. The number of ether oxygens (including phenoxy) is 1. The van der Waals surface area contributed by atoms with Gasteiger partial charge in [-0.15, -0.1) is 11.6 Å². The third kappa shape index (κ3) is 7.55. The monoisotopic (exact) mass is 542 g/mol. The van der Waals surface area contributed by atoms with Crippen LogP contribution in [0.15, 0.2) is 0 Å². The van der Waals surface area contributed by atoms with E-state index in [1.165, 1.54) is 12.8 Å². The second kappa shape index (κ2) is 14.2. The predicted octanol–water partition coefficient (Wildman–Crippen LogP) is -0.483. The van der Waals surface area contributed by atoms with Gasteiger partial charge in [0.1, 0.15) is 0 Å². The smallest absolute Gasteiger partial charge is 0.229 e. The van der Waals surface area contributed by atoms with E-state index in [1.807, 2.05) is 0 Å². The van der Waals surface area contributed by atoms with E-state index in [1.54, 1.807) is 7.11 Å². The molecule has 4 heterocycles. The Labute approximate surface area is 228 Å². The van der Waals surface area contributed by atoms with Crippen LogP contribution < -0.4 is 27.4 Å². The average molecular weight is 543 g/mol. The Morgan fingerprint density at radius 1 is 1.11 bits per heavy atom. The molecule has 0 radical (unpaired) electrons. The van der Waals surface area contributed by atoms with E-state index in [2.05, 4.69) is 37.6 Å². The number of likely N-dealkylation sites (tertiary alicyclic amines) is 2. The molecular formula is C26H51ClN8O2. The molecule has 0 aromatic carbocycles. The van der Waals surface area contributed by atoms with Gasteiger partial charge in [0.25, 0.3) is 0 Å². The summed E-state index contributed by atoms with van der Waals surface area (Å²) < 4.78 is 5.46. The molecule has 0 saturated carbocycles. The van der Waals surface area contributed by atoms with Crippen molar-refractivity contribution in [1.29, 1.82) is 0 Å². The lowest BCUT2D eigenvalue weighted by atomic mass is 9.92. The van der Waals surface area contributed by atoms with Crippen molar-refractivity contribution >= 4 is 17.5 Å². The van der Waals surface area contributed by atoms with Gasteiger partial charge in [-0.2, -0.15) is 0 Å². The number of piperidine rings is 2. The number of nitrogens with zero attached hydrogens (tertiary/aromatic N) is 3. The van der Waals surface area contributed by atoms with Crippen LogP contribution in [0.1, 0.15) is 45.4 Å². The van der Waals surface area contributed by atoms with Gasteiger partial charge in [0, 0.05) is 65.0 Å². The SMILES string of the molecule is CCCCCN1CC(Cl)CNC1C(C(=O)NC1CNCCC1N1CCC(N2CC(OC)C2)CC1)C(N)N. The Hall–Kier alpha value is -0.560. The second-order valence-corrected chi connectivity index (χ2v) is 12.1. The van der Waals surface area contributed by atoms with E-state index in [0.29, 0.717) is 24.7 Å². The molecule has 0 aromatic heterocycles. The Morgan fingerprint density at radius 3 is 2.54 bits per heavy atom. The third-order valence-corrected chi connectivity index (χ3v) is 9.24. The quantitative estimate of drug-likeness (QED) is 0.134. The fraction of sp³-hybridized carbons (Fsp3) is 0.962. The Morgan fingerprint density at radius 2 is 1.86 bits per heavy atom. The zero-order chi connectivity index (χ0) is 26.4. The molecule has 4 aliphatic heterocycles. The second-order valence-electron chi connectivity index (χ2n) is 11.5. The first-order chi connectivity index (χ1) is 17.9. The van der Waals surface area contributed by atoms with Gasteiger partial charge < -0.3 is 26.8 Å². The maximum Gasteiger partial charge on any atom is 0.229 e. The molecule has 5 unspecified atom stereocenters. The number of unbranched alkanes of at least 4 members (excludes halogenated alkanes) is 2. The van der Waals surface area contributed by atoms with Gasteiger partial charge in [0.2, 0.25) is 5.91 Å². The largest absolute Gasteiger partial charge is 0.379 e. The molecule has 214 valence electrons. The molecule has 37 heavy (non-hydrogen) atoms. The normalized spacial score (nSPS) is 32.4. The van der Waals surface area contributed by atoms with Gasteiger partial charge in [0.15, 0.2) is 0 Å².